The number of esters is 1. The number of nitrogens with one attached hydrogen (secondary N) is 1. The number of rotatable bonds is 5. The summed E-state index contributed by atoms with van der Waals surface area (Å²) in [6.45, 7) is 7.67. The van der Waals surface area contributed by atoms with Crippen molar-refractivity contribution in [1.82, 2.24) is 0 Å². The molecule has 0 radical (unpaired) electrons. The van der Waals surface area contributed by atoms with Crippen LogP contribution < -0.4 is 5.32 Å². The average Bonchev–Trinajstić information content (AvgIpc) is 2.96. The molecule has 0 unspecified atom stereocenters. The lowest BCUT2D eigenvalue weighted by Crippen LogP contribution is -2.23. The van der Waals surface area contributed by atoms with Gasteiger partial charge in [-0.1, -0.05) is 39.0 Å². The Kier molecular flexibility index (Phi) is 5.80. The Balaban J connectivity index is 1.89. The third-order valence-corrected chi connectivity index (χ3v) is 3.50. The molecule has 5 nitrogen and oxygen atoms in total. The van der Waals surface area contributed by atoms with Crippen molar-refractivity contribution in [2.45, 2.75) is 33.1 Å². The van der Waals surface area contributed by atoms with Crippen LogP contribution in [0.15, 0.2) is 46.9 Å². The largest absolute Gasteiger partial charge is 0.462 e. The molecule has 1 heterocycles. The fourth-order valence-electron chi connectivity index (χ4n) is 2.31. The van der Waals surface area contributed by atoms with Crippen LogP contribution in [0.1, 0.15) is 37.9 Å². The first kappa shape index (κ1) is 18.5. The first-order chi connectivity index (χ1) is 11.8. The van der Waals surface area contributed by atoms with E-state index in [-0.39, 0.29) is 17.9 Å². The first-order valence-electron chi connectivity index (χ1n) is 8.06. The molecule has 5 heteroatoms. The van der Waals surface area contributed by atoms with Gasteiger partial charge in [0.2, 0.25) is 0 Å². The molecule has 132 valence electrons. The van der Waals surface area contributed by atoms with Gasteiger partial charge in [-0.2, -0.15) is 0 Å². The van der Waals surface area contributed by atoms with Gasteiger partial charge in [0.25, 0.3) is 5.91 Å². The van der Waals surface area contributed by atoms with Crippen LogP contribution in [0.4, 0.5) is 5.69 Å². The highest BCUT2D eigenvalue weighted by Gasteiger charge is 2.18. The maximum atomic E-state index is 12.0. The van der Waals surface area contributed by atoms with Crippen molar-refractivity contribution in [3.8, 4) is 0 Å². The smallest absolute Gasteiger partial charge is 0.331 e. The fourth-order valence-corrected chi connectivity index (χ4v) is 2.31. The minimum Gasteiger partial charge on any atom is -0.462 e. The number of aryl methyl sites for hydroxylation is 1. The van der Waals surface area contributed by atoms with E-state index in [1.165, 1.54) is 12.2 Å². The summed E-state index contributed by atoms with van der Waals surface area (Å²) >= 11 is 0. The lowest BCUT2D eigenvalue weighted by Gasteiger charge is -2.22. The number of amides is 1. The second-order valence-electron chi connectivity index (χ2n) is 6.73. The zero-order valence-corrected chi connectivity index (χ0v) is 15.0. The number of para-hydroxylation sites is 1. The summed E-state index contributed by atoms with van der Waals surface area (Å²) in [5.41, 5.74) is 1.63. The van der Waals surface area contributed by atoms with Crippen molar-refractivity contribution < 1.29 is 18.7 Å². The SMILES string of the molecule is Cc1ccc(/C=C/C(=O)OCC(=O)Nc2ccccc2C(C)(C)C)o1. The monoisotopic (exact) mass is 341 g/mol. The van der Waals surface area contributed by atoms with Crippen molar-refractivity contribution >= 4 is 23.6 Å². The number of benzene rings is 1. The van der Waals surface area contributed by atoms with E-state index in [1.54, 1.807) is 12.1 Å². The van der Waals surface area contributed by atoms with Gasteiger partial charge < -0.3 is 14.5 Å². The third kappa shape index (κ3) is 5.64. The number of ether oxygens (including phenoxy) is 1. The molecule has 1 N–H and O–H groups in total. The second-order valence-corrected chi connectivity index (χ2v) is 6.73. The van der Waals surface area contributed by atoms with Crippen molar-refractivity contribution in [1.29, 1.82) is 0 Å². The highest BCUT2D eigenvalue weighted by molar-refractivity contribution is 5.95. The summed E-state index contributed by atoms with van der Waals surface area (Å²) in [7, 11) is 0. The van der Waals surface area contributed by atoms with Crippen LogP contribution in [0, 0.1) is 6.92 Å². The predicted octanol–water partition coefficient (Wildman–Crippen LogP) is 4.08. The van der Waals surface area contributed by atoms with E-state index in [2.05, 4.69) is 26.1 Å². The van der Waals surface area contributed by atoms with Crippen LogP contribution in [0.3, 0.4) is 0 Å². The van der Waals surface area contributed by atoms with Crippen LogP contribution in [-0.2, 0) is 19.7 Å². The minimum atomic E-state index is -0.603. The van der Waals surface area contributed by atoms with Crippen LogP contribution in [0.25, 0.3) is 6.08 Å². The Bertz CT molecular complexity index is 781. The lowest BCUT2D eigenvalue weighted by molar-refractivity contribution is -0.142. The molecule has 1 aromatic carbocycles. The van der Waals surface area contributed by atoms with Gasteiger partial charge in [0, 0.05) is 11.8 Å². The summed E-state index contributed by atoms with van der Waals surface area (Å²) < 4.78 is 10.3. The number of carbonyl (C=O) groups excluding carboxylic acids is 2. The van der Waals surface area contributed by atoms with E-state index >= 15 is 0 Å². The molecule has 2 aromatic rings. The molecular weight excluding hydrogens is 318 g/mol. The fraction of sp³-hybridized carbons (Fsp3) is 0.300. The molecule has 0 atom stereocenters. The molecule has 0 fully saturated rings. The molecule has 2 rings (SSSR count). The van der Waals surface area contributed by atoms with Crippen molar-refractivity contribution in [2.75, 3.05) is 11.9 Å². The van der Waals surface area contributed by atoms with Gasteiger partial charge in [0.15, 0.2) is 6.61 Å². The minimum absolute atomic E-state index is 0.107. The number of hydrogen-bond donors (Lipinski definition) is 1. The van der Waals surface area contributed by atoms with E-state index in [9.17, 15) is 9.59 Å². The maximum absolute atomic E-state index is 12.0. The highest BCUT2D eigenvalue weighted by atomic mass is 16.5. The normalized spacial score (nSPS) is 11.5. The summed E-state index contributed by atoms with van der Waals surface area (Å²) in [6.07, 6.45) is 2.73. The van der Waals surface area contributed by atoms with Gasteiger partial charge in [0.1, 0.15) is 11.5 Å². The molecular formula is C20H23NO4. The quantitative estimate of drug-likeness (QED) is 0.657. The van der Waals surface area contributed by atoms with Gasteiger partial charge in [0.05, 0.1) is 0 Å². The second kappa shape index (κ2) is 7.83. The molecule has 0 spiro atoms. The number of hydrogen-bond acceptors (Lipinski definition) is 4. The van der Waals surface area contributed by atoms with Crippen LogP contribution in [0.5, 0.6) is 0 Å². The Labute approximate surface area is 147 Å². The summed E-state index contributed by atoms with van der Waals surface area (Å²) in [4.78, 5) is 23.7. The van der Waals surface area contributed by atoms with E-state index in [1.807, 2.05) is 31.2 Å². The average molecular weight is 341 g/mol. The molecule has 1 aromatic heterocycles. The van der Waals surface area contributed by atoms with Gasteiger partial charge in [-0.25, -0.2) is 4.79 Å². The number of carbonyl (C=O) groups is 2. The summed E-state index contributed by atoms with van der Waals surface area (Å²) in [5.74, 6) is 0.323. The summed E-state index contributed by atoms with van der Waals surface area (Å²) in [5, 5.41) is 2.79. The Morgan fingerprint density at radius 3 is 2.52 bits per heavy atom. The van der Waals surface area contributed by atoms with Crippen molar-refractivity contribution in [3.63, 3.8) is 0 Å². The zero-order valence-electron chi connectivity index (χ0n) is 15.0. The van der Waals surface area contributed by atoms with Gasteiger partial charge >= 0.3 is 5.97 Å². The molecule has 0 aliphatic rings. The maximum Gasteiger partial charge on any atom is 0.331 e. The predicted molar refractivity (Wildman–Crippen MR) is 97.2 cm³/mol. The Hall–Kier alpha value is -2.82. The van der Waals surface area contributed by atoms with E-state index in [4.69, 9.17) is 9.15 Å². The van der Waals surface area contributed by atoms with Crippen LogP contribution in [-0.4, -0.2) is 18.5 Å². The zero-order chi connectivity index (χ0) is 18.4. The van der Waals surface area contributed by atoms with Gasteiger partial charge in [-0.15, -0.1) is 0 Å². The van der Waals surface area contributed by atoms with Crippen molar-refractivity contribution in [3.05, 3.63) is 59.6 Å². The van der Waals surface area contributed by atoms with E-state index < -0.39 is 5.97 Å². The number of furan rings is 1. The Morgan fingerprint density at radius 2 is 1.88 bits per heavy atom. The molecule has 0 saturated heterocycles. The van der Waals surface area contributed by atoms with E-state index in [0.29, 0.717) is 5.76 Å². The molecule has 25 heavy (non-hydrogen) atoms. The molecule has 0 saturated carbocycles. The molecule has 0 bridgehead atoms. The summed E-state index contributed by atoms with van der Waals surface area (Å²) in [6, 6.07) is 11.1. The standard InChI is InChI=1S/C20H23NO4/c1-14-9-10-15(25-14)11-12-19(23)24-13-18(22)21-17-8-6-5-7-16(17)20(2,3)4/h5-12H,13H2,1-4H3,(H,21,22)/b12-11+. The number of anilines is 1. The molecule has 0 aliphatic carbocycles. The van der Waals surface area contributed by atoms with Crippen molar-refractivity contribution in [2.24, 2.45) is 0 Å². The lowest BCUT2D eigenvalue weighted by atomic mass is 9.86. The highest BCUT2D eigenvalue weighted by Crippen LogP contribution is 2.29. The van der Waals surface area contributed by atoms with Gasteiger partial charge in [-0.3, -0.25) is 4.79 Å². The Morgan fingerprint density at radius 1 is 1.16 bits per heavy atom. The van der Waals surface area contributed by atoms with Crippen LogP contribution in [0.2, 0.25) is 0 Å². The third-order valence-electron chi connectivity index (χ3n) is 3.50. The molecule has 0 aliphatic heterocycles. The van der Waals surface area contributed by atoms with E-state index in [0.717, 1.165) is 17.0 Å². The van der Waals surface area contributed by atoms with Crippen LogP contribution >= 0.6 is 0 Å². The molecule has 1 amide bonds. The topological polar surface area (TPSA) is 68.5 Å². The first-order valence-corrected chi connectivity index (χ1v) is 8.06. The van der Waals surface area contributed by atoms with Gasteiger partial charge in [-0.05, 0) is 42.2 Å².